The second-order valence-corrected chi connectivity index (χ2v) is 5.68. The highest BCUT2D eigenvalue weighted by Crippen LogP contribution is 2.17. The average Bonchev–Trinajstić information content (AvgIpc) is 2.25. The number of nitrogens with one attached hydrogen (secondary N) is 1. The molecule has 104 valence electrons. The number of halogens is 1. The molecule has 0 aliphatic heterocycles. The van der Waals surface area contributed by atoms with E-state index in [4.69, 9.17) is 10.8 Å². The van der Waals surface area contributed by atoms with Crippen LogP contribution in [0.5, 0.6) is 0 Å². The fourth-order valence-electron chi connectivity index (χ4n) is 1.68. The fraction of sp³-hybridized carbons (Fsp3) is 0.385. The van der Waals surface area contributed by atoms with Gasteiger partial charge in [0.2, 0.25) is 0 Å². The summed E-state index contributed by atoms with van der Waals surface area (Å²) in [5.74, 6) is -1.31. The Morgan fingerprint density at radius 3 is 2.47 bits per heavy atom. The molecular weight excluding hydrogens is 312 g/mol. The number of benzene rings is 1. The molecule has 0 fully saturated rings. The standard InChI is InChI=1S/C13H17BrN2O3/c1-7(2)3-11(13(18)19)16-12(17)8-4-9(14)6-10(15)5-8/h4-7,11H,3,15H2,1-2H3,(H,16,17)(H,18,19)/t11-/m1/s1. The van der Waals surface area contributed by atoms with Crippen LogP contribution in [0, 0.1) is 5.92 Å². The van der Waals surface area contributed by atoms with Crippen molar-refractivity contribution in [3.63, 3.8) is 0 Å². The Balaban J connectivity index is 2.84. The van der Waals surface area contributed by atoms with E-state index in [9.17, 15) is 9.59 Å². The van der Waals surface area contributed by atoms with Crippen molar-refractivity contribution in [3.8, 4) is 0 Å². The molecule has 0 aliphatic carbocycles. The van der Waals surface area contributed by atoms with E-state index in [0.717, 1.165) is 0 Å². The van der Waals surface area contributed by atoms with Crippen molar-refractivity contribution in [2.75, 3.05) is 5.73 Å². The number of rotatable bonds is 5. The van der Waals surface area contributed by atoms with Gasteiger partial charge >= 0.3 is 5.97 Å². The van der Waals surface area contributed by atoms with E-state index in [1.54, 1.807) is 12.1 Å². The molecule has 0 aliphatic rings. The van der Waals surface area contributed by atoms with Crippen LogP contribution in [0.3, 0.4) is 0 Å². The molecule has 1 rings (SSSR count). The topological polar surface area (TPSA) is 92.4 Å². The van der Waals surface area contributed by atoms with Crippen LogP contribution in [0.2, 0.25) is 0 Å². The molecule has 1 amide bonds. The van der Waals surface area contributed by atoms with Crippen molar-refractivity contribution in [1.29, 1.82) is 0 Å². The second kappa shape index (κ2) is 6.56. The van der Waals surface area contributed by atoms with Gasteiger partial charge in [-0.25, -0.2) is 4.79 Å². The van der Waals surface area contributed by atoms with Crippen molar-refractivity contribution < 1.29 is 14.7 Å². The van der Waals surface area contributed by atoms with Crippen molar-refractivity contribution in [2.24, 2.45) is 5.92 Å². The molecule has 0 saturated carbocycles. The van der Waals surface area contributed by atoms with Crippen LogP contribution in [0.4, 0.5) is 5.69 Å². The van der Waals surface area contributed by atoms with E-state index in [0.29, 0.717) is 22.1 Å². The average molecular weight is 329 g/mol. The molecular formula is C13H17BrN2O3. The summed E-state index contributed by atoms with van der Waals surface area (Å²) in [6.45, 7) is 3.80. The Morgan fingerprint density at radius 2 is 2.00 bits per heavy atom. The van der Waals surface area contributed by atoms with E-state index < -0.39 is 17.9 Å². The third-order valence-corrected chi connectivity index (χ3v) is 2.95. The van der Waals surface area contributed by atoms with Crippen LogP contribution in [-0.4, -0.2) is 23.0 Å². The molecule has 4 N–H and O–H groups in total. The largest absolute Gasteiger partial charge is 0.480 e. The summed E-state index contributed by atoms with van der Waals surface area (Å²) in [6.07, 6.45) is 0.380. The monoisotopic (exact) mass is 328 g/mol. The van der Waals surface area contributed by atoms with Crippen molar-refractivity contribution in [3.05, 3.63) is 28.2 Å². The number of anilines is 1. The molecule has 0 aromatic heterocycles. The quantitative estimate of drug-likeness (QED) is 0.723. The van der Waals surface area contributed by atoms with E-state index >= 15 is 0 Å². The number of amides is 1. The molecule has 1 aromatic rings. The van der Waals surface area contributed by atoms with Crippen molar-refractivity contribution in [2.45, 2.75) is 26.3 Å². The lowest BCUT2D eigenvalue weighted by Gasteiger charge is -2.16. The molecule has 1 atom stereocenters. The van der Waals surface area contributed by atoms with Crippen LogP contribution in [0.25, 0.3) is 0 Å². The SMILES string of the molecule is CC(C)C[C@@H](NC(=O)c1cc(N)cc(Br)c1)C(=O)O. The van der Waals surface area contributed by atoms with Crippen LogP contribution < -0.4 is 11.1 Å². The summed E-state index contributed by atoms with van der Waals surface area (Å²) in [4.78, 5) is 23.1. The molecule has 6 heteroatoms. The zero-order chi connectivity index (χ0) is 14.6. The van der Waals surface area contributed by atoms with Crippen LogP contribution in [0.1, 0.15) is 30.6 Å². The number of carboxylic acids is 1. The molecule has 0 saturated heterocycles. The minimum Gasteiger partial charge on any atom is -0.480 e. The van der Waals surface area contributed by atoms with Gasteiger partial charge in [-0.05, 0) is 30.5 Å². The molecule has 1 aromatic carbocycles. The number of nitrogen functional groups attached to an aromatic ring is 1. The highest BCUT2D eigenvalue weighted by Gasteiger charge is 2.21. The molecule has 0 spiro atoms. The summed E-state index contributed by atoms with van der Waals surface area (Å²) >= 11 is 3.24. The van der Waals surface area contributed by atoms with Crippen LogP contribution >= 0.6 is 15.9 Å². The third-order valence-electron chi connectivity index (χ3n) is 2.49. The lowest BCUT2D eigenvalue weighted by Crippen LogP contribution is -2.41. The minimum absolute atomic E-state index is 0.175. The first-order valence-corrected chi connectivity index (χ1v) is 6.68. The Kier molecular flexibility index (Phi) is 5.35. The first-order chi connectivity index (χ1) is 8.79. The molecule has 0 radical (unpaired) electrons. The van der Waals surface area contributed by atoms with E-state index in [1.807, 2.05) is 13.8 Å². The predicted octanol–water partition coefficient (Wildman–Crippen LogP) is 2.26. The summed E-state index contributed by atoms with van der Waals surface area (Å²) in [7, 11) is 0. The Labute approximate surface area is 120 Å². The van der Waals surface area contributed by atoms with Crippen molar-refractivity contribution >= 4 is 33.5 Å². The van der Waals surface area contributed by atoms with Crippen LogP contribution in [0.15, 0.2) is 22.7 Å². The number of carboxylic acid groups (broad SMARTS) is 1. The Bertz CT molecular complexity index is 469. The van der Waals surface area contributed by atoms with Gasteiger partial charge in [-0.15, -0.1) is 0 Å². The number of nitrogens with two attached hydrogens (primary N) is 1. The predicted molar refractivity (Wildman–Crippen MR) is 76.9 cm³/mol. The lowest BCUT2D eigenvalue weighted by atomic mass is 10.0. The van der Waals surface area contributed by atoms with Gasteiger partial charge in [0.25, 0.3) is 5.91 Å². The zero-order valence-corrected chi connectivity index (χ0v) is 12.4. The van der Waals surface area contributed by atoms with Crippen molar-refractivity contribution in [1.82, 2.24) is 5.32 Å². The van der Waals surface area contributed by atoms with Gasteiger partial charge < -0.3 is 16.2 Å². The smallest absolute Gasteiger partial charge is 0.326 e. The van der Waals surface area contributed by atoms with Gasteiger partial charge in [0, 0.05) is 15.7 Å². The summed E-state index contributed by atoms with van der Waals surface area (Å²) in [5, 5.41) is 11.6. The zero-order valence-electron chi connectivity index (χ0n) is 10.8. The fourth-order valence-corrected chi connectivity index (χ4v) is 2.19. The third kappa shape index (κ3) is 4.90. The maximum Gasteiger partial charge on any atom is 0.326 e. The summed E-state index contributed by atoms with van der Waals surface area (Å²) < 4.78 is 0.674. The Morgan fingerprint density at radius 1 is 1.37 bits per heavy atom. The van der Waals surface area contributed by atoms with Crippen LogP contribution in [-0.2, 0) is 4.79 Å². The minimum atomic E-state index is -1.04. The molecule has 19 heavy (non-hydrogen) atoms. The number of hydrogen-bond donors (Lipinski definition) is 3. The molecule has 0 heterocycles. The first kappa shape index (κ1) is 15.5. The highest BCUT2D eigenvalue weighted by atomic mass is 79.9. The van der Waals surface area contributed by atoms with E-state index in [-0.39, 0.29) is 5.92 Å². The number of carbonyl (C=O) groups is 2. The van der Waals surface area contributed by atoms with Gasteiger partial charge in [-0.2, -0.15) is 0 Å². The highest BCUT2D eigenvalue weighted by molar-refractivity contribution is 9.10. The van der Waals surface area contributed by atoms with E-state index in [1.165, 1.54) is 6.07 Å². The maximum absolute atomic E-state index is 12.0. The number of hydrogen-bond acceptors (Lipinski definition) is 3. The number of aliphatic carboxylic acids is 1. The molecule has 0 unspecified atom stereocenters. The Hall–Kier alpha value is -1.56. The second-order valence-electron chi connectivity index (χ2n) is 4.77. The lowest BCUT2D eigenvalue weighted by molar-refractivity contribution is -0.139. The van der Waals surface area contributed by atoms with Gasteiger partial charge in [0.05, 0.1) is 0 Å². The summed E-state index contributed by atoms with van der Waals surface area (Å²) in [5.41, 5.74) is 6.42. The normalized spacial score (nSPS) is 12.2. The molecule has 5 nitrogen and oxygen atoms in total. The number of carbonyl (C=O) groups excluding carboxylic acids is 1. The molecule has 0 bridgehead atoms. The van der Waals surface area contributed by atoms with Gasteiger partial charge in [0.15, 0.2) is 0 Å². The summed E-state index contributed by atoms with van der Waals surface area (Å²) in [6, 6.07) is 3.88. The maximum atomic E-state index is 12.0. The first-order valence-electron chi connectivity index (χ1n) is 5.89. The van der Waals surface area contributed by atoms with Gasteiger partial charge in [0.1, 0.15) is 6.04 Å². The van der Waals surface area contributed by atoms with E-state index in [2.05, 4.69) is 21.2 Å². The van der Waals surface area contributed by atoms with Gasteiger partial charge in [-0.1, -0.05) is 29.8 Å². The van der Waals surface area contributed by atoms with Gasteiger partial charge in [-0.3, -0.25) is 4.79 Å².